The molecule has 0 atom stereocenters. The lowest BCUT2D eigenvalue weighted by molar-refractivity contribution is 0.277. The molecule has 1 heterocycles. The molecular formula is C11H18N2O3S. The van der Waals surface area contributed by atoms with E-state index in [0.717, 1.165) is 25.7 Å². The van der Waals surface area contributed by atoms with Crippen LogP contribution < -0.4 is 4.72 Å². The molecule has 1 aliphatic carbocycles. The summed E-state index contributed by atoms with van der Waals surface area (Å²) in [6.07, 6.45) is 6.60. The van der Waals surface area contributed by atoms with E-state index >= 15 is 0 Å². The first kappa shape index (κ1) is 12.6. The topological polar surface area (TPSA) is 82.2 Å². The van der Waals surface area contributed by atoms with E-state index in [1.165, 1.54) is 18.7 Å². The number of hydrogen-bond donors (Lipinski definition) is 3. The fourth-order valence-corrected chi connectivity index (χ4v) is 3.50. The van der Waals surface area contributed by atoms with Gasteiger partial charge in [-0.25, -0.2) is 13.1 Å². The second-order valence-electron chi connectivity index (χ2n) is 4.47. The van der Waals surface area contributed by atoms with E-state index < -0.39 is 10.0 Å². The van der Waals surface area contributed by atoms with Gasteiger partial charge in [0.2, 0.25) is 10.0 Å². The van der Waals surface area contributed by atoms with Crippen molar-refractivity contribution >= 4 is 10.0 Å². The Hall–Kier alpha value is -0.850. The van der Waals surface area contributed by atoms with Crippen LogP contribution in [0.5, 0.6) is 0 Å². The molecule has 0 aliphatic heterocycles. The lowest BCUT2D eigenvalue weighted by Crippen LogP contribution is -2.35. The van der Waals surface area contributed by atoms with Gasteiger partial charge in [-0.05, 0) is 18.9 Å². The van der Waals surface area contributed by atoms with Gasteiger partial charge in [-0.15, -0.1) is 0 Å². The lowest BCUT2D eigenvalue weighted by Gasteiger charge is -2.22. The Kier molecular flexibility index (Phi) is 3.86. The Bertz CT molecular complexity index is 461. The van der Waals surface area contributed by atoms with Gasteiger partial charge < -0.3 is 10.1 Å². The first-order valence-electron chi connectivity index (χ1n) is 5.92. The third-order valence-electron chi connectivity index (χ3n) is 3.12. The summed E-state index contributed by atoms with van der Waals surface area (Å²) in [7, 11) is -3.44. The maximum Gasteiger partial charge on any atom is 0.242 e. The number of aromatic nitrogens is 1. The molecule has 0 unspecified atom stereocenters. The minimum atomic E-state index is -3.44. The Morgan fingerprint density at radius 2 is 2.06 bits per heavy atom. The molecule has 0 bridgehead atoms. The predicted octanol–water partition coefficient (Wildman–Crippen LogP) is 1.12. The third kappa shape index (κ3) is 3.08. The highest BCUT2D eigenvalue weighted by atomic mass is 32.2. The number of rotatable bonds is 4. The summed E-state index contributed by atoms with van der Waals surface area (Å²) in [5.74, 6) is 0. The number of aliphatic hydroxyl groups excluding tert-OH is 1. The van der Waals surface area contributed by atoms with Crippen LogP contribution in [0, 0.1) is 0 Å². The van der Waals surface area contributed by atoms with Crippen molar-refractivity contribution in [2.24, 2.45) is 0 Å². The van der Waals surface area contributed by atoms with Crippen molar-refractivity contribution < 1.29 is 13.5 Å². The van der Waals surface area contributed by atoms with Gasteiger partial charge in [0.05, 0.1) is 11.5 Å². The van der Waals surface area contributed by atoms with E-state index in [-0.39, 0.29) is 17.5 Å². The van der Waals surface area contributed by atoms with E-state index in [1.807, 2.05) is 0 Å². The van der Waals surface area contributed by atoms with Gasteiger partial charge in [0.1, 0.15) is 0 Å². The fraction of sp³-hybridized carbons (Fsp3) is 0.636. The summed E-state index contributed by atoms with van der Waals surface area (Å²) in [5, 5.41) is 8.89. The molecule has 3 N–H and O–H groups in total. The Balaban J connectivity index is 2.07. The summed E-state index contributed by atoms with van der Waals surface area (Å²) >= 11 is 0. The second-order valence-corrected chi connectivity index (χ2v) is 6.19. The van der Waals surface area contributed by atoms with Gasteiger partial charge in [-0.2, -0.15) is 0 Å². The molecule has 6 heteroatoms. The molecule has 0 saturated heterocycles. The highest BCUT2D eigenvalue weighted by Crippen LogP contribution is 2.20. The molecule has 1 aliphatic rings. The van der Waals surface area contributed by atoms with Crippen LogP contribution in [-0.4, -0.2) is 24.6 Å². The van der Waals surface area contributed by atoms with Gasteiger partial charge >= 0.3 is 0 Å². The summed E-state index contributed by atoms with van der Waals surface area (Å²) in [6, 6.07) is 1.52. The zero-order valence-corrected chi connectivity index (χ0v) is 10.5. The minimum Gasteiger partial charge on any atom is -0.390 e. The van der Waals surface area contributed by atoms with Gasteiger partial charge in [0, 0.05) is 17.9 Å². The molecule has 0 amide bonds. The fourth-order valence-electron chi connectivity index (χ4n) is 2.17. The molecule has 1 aromatic heterocycles. The highest BCUT2D eigenvalue weighted by molar-refractivity contribution is 7.89. The molecule has 1 aromatic rings. The number of hydrogen-bond acceptors (Lipinski definition) is 3. The maximum atomic E-state index is 12.0. The van der Waals surface area contributed by atoms with Crippen LogP contribution in [0.3, 0.4) is 0 Å². The summed E-state index contributed by atoms with van der Waals surface area (Å²) < 4.78 is 26.8. The van der Waals surface area contributed by atoms with Crippen molar-refractivity contribution in [3.63, 3.8) is 0 Å². The number of aliphatic hydroxyl groups is 1. The molecule has 96 valence electrons. The molecule has 1 fully saturated rings. The van der Waals surface area contributed by atoms with E-state index in [0.29, 0.717) is 5.69 Å². The van der Waals surface area contributed by atoms with Crippen LogP contribution >= 0.6 is 0 Å². The van der Waals surface area contributed by atoms with Crippen LogP contribution in [0.25, 0.3) is 0 Å². The summed E-state index contributed by atoms with van der Waals surface area (Å²) in [4.78, 5) is 2.93. The largest absolute Gasteiger partial charge is 0.390 e. The summed E-state index contributed by atoms with van der Waals surface area (Å²) in [5.41, 5.74) is 0.508. The first-order valence-corrected chi connectivity index (χ1v) is 7.40. The van der Waals surface area contributed by atoms with Crippen molar-refractivity contribution in [2.45, 2.75) is 49.6 Å². The zero-order valence-electron chi connectivity index (χ0n) is 9.65. The quantitative estimate of drug-likeness (QED) is 0.757. The highest BCUT2D eigenvalue weighted by Gasteiger charge is 2.22. The van der Waals surface area contributed by atoms with E-state index in [9.17, 15) is 8.42 Å². The molecule has 5 nitrogen and oxygen atoms in total. The number of sulfonamides is 1. The van der Waals surface area contributed by atoms with Crippen molar-refractivity contribution in [3.8, 4) is 0 Å². The van der Waals surface area contributed by atoms with Crippen LogP contribution in [-0.2, 0) is 16.6 Å². The number of aromatic amines is 1. The Morgan fingerprint density at radius 3 is 2.65 bits per heavy atom. The van der Waals surface area contributed by atoms with Crippen LogP contribution in [0.2, 0.25) is 0 Å². The van der Waals surface area contributed by atoms with Gasteiger partial charge in [-0.1, -0.05) is 19.3 Å². The second kappa shape index (κ2) is 5.20. The molecule has 0 spiro atoms. The third-order valence-corrected chi connectivity index (χ3v) is 4.62. The molecule has 1 saturated carbocycles. The van der Waals surface area contributed by atoms with Crippen LogP contribution in [0.15, 0.2) is 17.2 Å². The Labute approximate surface area is 101 Å². The van der Waals surface area contributed by atoms with Gasteiger partial charge in [-0.3, -0.25) is 0 Å². The average Bonchev–Trinajstić information content (AvgIpc) is 2.79. The van der Waals surface area contributed by atoms with E-state index in [4.69, 9.17) is 5.11 Å². The number of H-pyrrole nitrogens is 1. The normalized spacial score (nSPS) is 18.4. The van der Waals surface area contributed by atoms with Gasteiger partial charge in [0.15, 0.2) is 0 Å². The van der Waals surface area contributed by atoms with E-state index in [2.05, 4.69) is 9.71 Å². The molecule has 0 radical (unpaired) electrons. The zero-order chi connectivity index (χ0) is 12.3. The van der Waals surface area contributed by atoms with Gasteiger partial charge in [0.25, 0.3) is 0 Å². The molecule has 17 heavy (non-hydrogen) atoms. The monoisotopic (exact) mass is 258 g/mol. The van der Waals surface area contributed by atoms with E-state index in [1.54, 1.807) is 0 Å². The molecule has 2 rings (SSSR count). The lowest BCUT2D eigenvalue weighted by atomic mass is 9.96. The predicted molar refractivity (Wildman–Crippen MR) is 63.9 cm³/mol. The molecular weight excluding hydrogens is 240 g/mol. The minimum absolute atomic E-state index is 0.0567. The smallest absolute Gasteiger partial charge is 0.242 e. The summed E-state index contributed by atoms with van der Waals surface area (Å²) in [6.45, 7) is -0.182. The first-order chi connectivity index (χ1) is 8.12. The average molecular weight is 258 g/mol. The maximum absolute atomic E-state index is 12.0. The van der Waals surface area contributed by atoms with Crippen molar-refractivity contribution in [2.75, 3.05) is 0 Å². The number of nitrogens with one attached hydrogen (secondary N) is 2. The SMILES string of the molecule is O=S(=O)(NC1CCCCC1)c1c[nH]c(CO)c1. The van der Waals surface area contributed by atoms with Crippen molar-refractivity contribution in [1.29, 1.82) is 0 Å². The van der Waals surface area contributed by atoms with Crippen LogP contribution in [0.4, 0.5) is 0 Å². The van der Waals surface area contributed by atoms with Crippen molar-refractivity contribution in [1.82, 2.24) is 9.71 Å². The Morgan fingerprint density at radius 1 is 1.35 bits per heavy atom. The van der Waals surface area contributed by atoms with Crippen LogP contribution in [0.1, 0.15) is 37.8 Å². The van der Waals surface area contributed by atoms with Crippen molar-refractivity contribution in [3.05, 3.63) is 18.0 Å². The molecule has 0 aromatic carbocycles. The standard InChI is InChI=1S/C11H18N2O3S/c14-8-10-6-11(7-12-10)17(15,16)13-9-4-2-1-3-5-9/h6-7,9,12-14H,1-5,8H2.